The van der Waals surface area contributed by atoms with Crippen molar-refractivity contribution in [2.24, 2.45) is 0 Å². The number of carbonyl (C=O) groups excluding carboxylic acids is 1. The highest BCUT2D eigenvalue weighted by Crippen LogP contribution is 2.31. The van der Waals surface area contributed by atoms with Crippen LogP contribution in [-0.4, -0.2) is 56.2 Å². The first-order valence-corrected chi connectivity index (χ1v) is 8.65. The van der Waals surface area contributed by atoms with Crippen molar-refractivity contribution in [2.45, 2.75) is 25.6 Å². The average molecular weight is 355 g/mol. The molecule has 0 saturated carbocycles. The van der Waals surface area contributed by atoms with Crippen LogP contribution in [0.3, 0.4) is 0 Å². The van der Waals surface area contributed by atoms with E-state index < -0.39 is 5.79 Å². The molecule has 0 aliphatic carbocycles. The first kappa shape index (κ1) is 17.3. The van der Waals surface area contributed by atoms with Gasteiger partial charge in [0, 0.05) is 31.0 Å². The molecule has 2 saturated heterocycles. The van der Waals surface area contributed by atoms with Crippen molar-refractivity contribution in [1.29, 1.82) is 0 Å². The Bertz CT molecular complexity index is 580. The van der Waals surface area contributed by atoms with Gasteiger partial charge < -0.3 is 24.4 Å². The zero-order chi connectivity index (χ0) is 17.0. The van der Waals surface area contributed by atoms with Crippen molar-refractivity contribution in [3.63, 3.8) is 0 Å². The number of halogens is 1. The van der Waals surface area contributed by atoms with E-state index in [0.29, 0.717) is 44.5 Å². The van der Waals surface area contributed by atoms with E-state index in [1.807, 2.05) is 19.1 Å². The second-order valence-corrected chi connectivity index (χ2v) is 6.52. The van der Waals surface area contributed by atoms with Gasteiger partial charge in [-0.3, -0.25) is 0 Å². The van der Waals surface area contributed by atoms with Crippen molar-refractivity contribution in [1.82, 2.24) is 10.2 Å². The Morgan fingerprint density at radius 1 is 1.33 bits per heavy atom. The van der Waals surface area contributed by atoms with Gasteiger partial charge in [0.05, 0.1) is 19.8 Å². The van der Waals surface area contributed by atoms with Crippen LogP contribution < -0.4 is 10.1 Å². The number of hydrogen-bond donors (Lipinski definition) is 1. The molecule has 1 N–H and O–H groups in total. The second-order valence-electron chi connectivity index (χ2n) is 6.08. The Hall–Kier alpha value is -1.50. The number of ether oxygens (including phenoxy) is 3. The number of carbonyl (C=O) groups is 1. The minimum absolute atomic E-state index is 0.0701. The highest BCUT2D eigenvalue weighted by Gasteiger charge is 2.40. The molecule has 2 aliphatic rings. The fourth-order valence-corrected chi connectivity index (χ4v) is 3.27. The molecule has 6 nitrogen and oxygen atoms in total. The minimum atomic E-state index is -0.452. The molecule has 1 aromatic carbocycles. The first-order valence-electron chi connectivity index (χ1n) is 8.28. The number of urea groups is 1. The van der Waals surface area contributed by atoms with Crippen LogP contribution in [0.4, 0.5) is 4.79 Å². The van der Waals surface area contributed by atoms with E-state index >= 15 is 0 Å². The van der Waals surface area contributed by atoms with Gasteiger partial charge in [-0.25, -0.2) is 4.79 Å². The summed E-state index contributed by atoms with van der Waals surface area (Å²) in [5.74, 6) is 0.329. The minimum Gasteiger partial charge on any atom is -0.491 e. The van der Waals surface area contributed by atoms with E-state index in [1.165, 1.54) is 0 Å². The molecule has 0 atom stereocenters. The summed E-state index contributed by atoms with van der Waals surface area (Å²) in [4.78, 5) is 14.0. The zero-order valence-corrected chi connectivity index (χ0v) is 14.6. The molecule has 1 spiro atoms. The summed E-state index contributed by atoms with van der Waals surface area (Å²) >= 11 is 5.91. The van der Waals surface area contributed by atoms with Gasteiger partial charge in [0.15, 0.2) is 5.79 Å². The summed E-state index contributed by atoms with van der Waals surface area (Å²) in [5.41, 5.74) is 0.978. The number of hydrogen-bond acceptors (Lipinski definition) is 4. The van der Waals surface area contributed by atoms with Gasteiger partial charge in [0.25, 0.3) is 0 Å². The van der Waals surface area contributed by atoms with Crippen LogP contribution in [0.25, 0.3) is 0 Å². The topological polar surface area (TPSA) is 60.0 Å². The van der Waals surface area contributed by atoms with Crippen molar-refractivity contribution in [3.8, 4) is 5.75 Å². The standard InChI is InChI=1S/C17H23ClN2O4/c1-13-12-14(18)2-3-15(13)22-9-6-19-16(21)20-7-4-17(5-8-20)23-10-11-24-17/h2-3,12H,4-11H2,1H3,(H,19,21). The summed E-state index contributed by atoms with van der Waals surface area (Å²) in [6.45, 7) is 5.39. The average Bonchev–Trinajstić information content (AvgIpc) is 3.02. The van der Waals surface area contributed by atoms with Gasteiger partial charge >= 0.3 is 6.03 Å². The Labute approximate surface area is 147 Å². The number of nitrogens with zero attached hydrogens (tertiary/aromatic N) is 1. The quantitative estimate of drug-likeness (QED) is 0.844. The van der Waals surface area contributed by atoms with Crippen LogP contribution >= 0.6 is 11.6 Å². The van der Waals surface area contributed by atoms with E-state index in [1.54, 1.807) is 11.0 Å². The third kappa shape index (κ3) is 4.12. The molecule has 2 amide bonds. The third-order valence-electron chi connectivity index (χ3n) is 4.40. The lowest BCUT2D eigenvalue weighted by Crippen LogP contribution is -2.50. The Morgan fingerprint density at radius 3 is 2.71 bits per heavy atom. The maximum absolute atomic E-state index is 12.2. The molecule has 7 heteroatoms. The smallest absolute Gasteiger partial charge is 0.317 e. The Balaban J connectivity index is 1.37. The predicted octanol–water partition coefficient (Wildman–Crippen LogP) is 2.58. The van der Waals surface area contributed by atoms with Gasteiger partial charge in [-0.05, 0) is 30.7 Å². The zero-order valence-electron chi connectivity index (χ0n) is 13.8. The van der Waals surface area contributed by atoms with Crippen LogP contribution in [0.2, 0.25) is 5.02 Å². The Kier molecular flexibility index (Phi) is 5.48. The van der Waals surface area contributed by atoms with Crippen molar-refractivity contribution in [3.05, 3.63) is 28.8 Å². The SMILES string of the molecule is Cc1cc(Cl)ccc1OCCNC(=O)N1CCC2(CC1)OCCO2. The van der Waals surface area contributed by atoms with Gasteiger partial charge in [0.2, 0.25) is 0 Å². The molecule has 0 bridgehead atoms. The maximum atomic E-state index is 12.2. The number of amides is 2. The number of rotatable bonds is 4. The van der Waals surface area contributed by atoms with Gasteiger partial charge in [-0.1, -0.05) is 11.6 Å². The number of aryl methyl sites for hydroxylation is 1. The van der Waals surface area contributed by atoms with Crippen molar-refractivity contribution in [2.75, 3.05) is 39.5 Å². The van der Waals surface area contributed by atoms with Crippen LogP contribution in [0.1, 0.15) is 18.4 Å². The van der Waals surface area contributed by atoms with Gasteiger partial charge in [0.1, 0.15) is 12.4 Å². The van der Waals surface area contributed by atoms with E-state index in [2.05, 4.69) is 5.32 Å². The molecular weight excluding hydrogens is 332 g/mol. The molecule has 2 heterocycles. The van der Waals surface area contributed by atoms with Gasteiger partial charge in [-0.2, -0.15) is 0 Å². The Morgan fingerprint density at radius 2 is 2.04 bits per heavy atom. The summed E-state index contributed by atoms with van der Waals surface area (Å²) in [5, 5.41) is 3.57. The first-order chi connectivity index (χ1) is 11.6. The molecule has 3 rings (SSSR count). The summed E-state index contributed by atoms with van der Waals surface area (Å²) in [7, 11) is 0. The predicted molar refractivity (Wildman–Crippen MR) is 90.5 cm³/mol. The van der Waals surface area contributed by atoms with E-state index in [0.717, 1.165) is 24.2 Å². The summed E-state index contributed by atoms with van der Waals surface area (Å²) in [6.07, 6.45) is 1.45. The van der Waals surface area contributed by atoms with Crippen molar-refractivity contribution >= 4 is 17.6 Å². The molecule has 0 aromatic heterocycles. The van der Waals surface area contributed by atoms with Crippen LogP contribution in [-0.2, 0) is 9.47 Å². The molecule has 0 unspecified atom stereocenters. The largest absolute Gasteiger partial charge is 0.491 e. The maximum Gasteiger partial charge on any atom is 0.317 e. The number of piperidine rings is 1. The number of likely N-dealkylation sites (tertiary alicyclic amines) is 1. The molecule has 2 fully saturated rings. The summed E-state index contributed by atoms with van der Waals surface area (Å²) in [6, 6.07) is 5.41. The lowest BCUT2D eigenvalue weighted by Gasteiger charge is -2.37. The number of nitrogens with one attached hydrogen (secondary N) is 1. The van der Waals surface area contributed by atoms with E-state index in [9.17, 15) is 4.79 Å². The molecule has 2 aliphatic heterocycles. The second kappa shape index (κ2) is 7.59. The van der Waals surface area contributed by atoms with Crippen LogP contribution in [0.5, 0.6) is 5.75 Å². The normalized spacial score (nSPS) is 19.5. The molecule has 0 radical (unpaired) electrons. The molecule has 24 heavy (non-hydrogen) atoms. The summed E-state index contributed by atoms with van der Waals surface area (Å²) < 4.78 is 17.0. The monoisotopic (exact) mass is 354 g/mol. The highest BCUT2D eigenvalue weighted by atomic mass is 35.5. The molecule has 1 aromatic rings. The highest BCUT2D eigenvalue weighted by molar-refractivity contribution is 6.30. The molecule has 132 valence electrons. The molecular formula is C17H23ClN2O4. The van der Waals surface area contributed by atoms with E-state index in [-0.39, 0.29) is 6.03 Å². The lowest BCUT2D eigenvalue weighted by atomic mass is 10.0. The number of benzene rings is 1. The van der Waals surface area contributed by atoms with Gasteiger partial charge in [-0.15, -0.1) is 0 Å². The fourth-order valence-electron chi connectivity index (χ4n) is 3.04. The fraction of sp³-hybridized carbons (Fsp3) is 0.588. The van der Waals surface area contributed by atoms with E-state index in [4.69, 9.17) is 25.8 Å². The van der Waals surface area contributed by atoms with Crippen LogP contribution in [0.15, 0.2) is 18.2 Å². The third-order valence-corrected chi connectivity index (χ3v) is 4.63. The van der Waals surface area contributed by atoms with Crippen molar-refractivity contribution < 1.29 is 19.0 Å². The lowest BCUT2D eigenvalue weighted by molar-refractivity contribution is -0.181. The van der Waals surface area contributed by atoms with Crippen LogP contribution in [0, 0.1) is 6.92 Å².